The molecule has 1 aliphatic carbocycles. The minimum atomic E-state index is -4.26. The Labute approximate surface area is 98.6 Å². The van der Waals surface area contributed by atoms with Crippen LogP contribution in [0.4, 0.5) is 13.2 Å². The van der Waals surface area contributed by atoms with Gasteiger partial charge in [0.15, 0.2) is 0 Å². The van der Waals surface area contributed by atoms with E-state index in [2.05, 4.69) is 0 Å². The lowest BCUT2D eigenvalue weighted by Gasteiger charge is -2.34. The normalized spacial score (nSPS) is 24.5. The number of rotatable bonds is 2. The lowest BCUT2D eigenvalue weighted by atomic mass is 9.77. The second kappa shape index (κ2) is 4.33. The van der Waals surface area contributed by atoms with Crippen molar-refractivity contribution in [1.82, 2.24) is 0 Å². The van der Waals surface area contributed by atoms with E-state index in [9.17, 15) is 13.2 Å². The van der Waals surface area contributed by atoms with Gasteiger partial charge in [-0.05, 0) is 43.4 Å². The summed E-state index contributed by atoms with van der Waals surface area (Å²) in [5.74, 6) is 0.209. The van der Waals surface area contributed by atoms with Crippen LogP contribution in [0.5, 0.6) is 0 Å². The summed E-state index contributed by atoms with van der Waals surface area (Å²) >= 11 is 0. The lowest BCUT2D eigenvalue weighted by Crippen LogP contribution is -2.28. The third-order valence-corrected chi connectivity index (χ3v) is 3.33. The first-order valence-electron chi connectivity index (χ1n) is 5.61. The van der Waals surface area contributed by atoms with Crippen molar-refractivity contribution in [3.05, 3.63) is 34.9 Å². The first-order valence-corrected chi connectivity index (χ1v) is 5.61. The molecule has 2 rings (SSSR count). The van der Waals surface area contributed by atoms with Crippen LogP contribution in [-0.2, 0) is 10.9 Å². The number of methoxy groups -OCH3 is 1. The van der Waals surface area contributed by atoms with Gasteiger partial charge >= 0.3 is 6.18 Å². The fraction of sp³-hybridized carbons (Fsp3) is 0.538. The first kappa shape index (κ1) is 12.4. The quantitative estimate of drug-likeness (QED) is 0.766. The number of ether oxygens (including phenoxy) is 1. The fourth-order valence-electron chi connectivity index (χ4n) is 2.24. The summed E-state index contributed by atoms with van der Waals surface area (Å²) < 4.78 is 43.1. The highest BCUT2D eigenvalue weighted by molar-refractivity contribution is 5.34. The van der Waals surface area contributed by atoms with Crippen LogP contribution in [0.2, 0.25) is 0 Å². The zero-order chi connectivity index (χ0) is 12.6. The van der Waals surface area contributed by atoms with E-state index in [1.165, 1.54) is 12.1 Å². The average molecular weight is 244 g/mol. The zero-order valence-electron chi connectivity index (χ0n) is 9.84. The molecule has 0 radical (unpaired) electrons. The highest BCUT2D eigenvalue weighted by Gasteiger charge is 2.34. The molecule has 0 bridgehead atoms. The Bertz CT molecular complexity index is 406. The number of hydrogen-bond donors (Lipinski definition) is 0. The molecule has 0 N–H and O–H groups in total. The lowest BCUT2D eigenvalue weighted by molar-refractivity contribution is -0.137. The van der Waals surface area contributed by atoms with E-state index >= 15 is 0 Å². The molecular formula is C13H15F3O. The van der Waals surface area contributed by atoms with Crippen molar-refractivity contribution < 1.29 is 17.9 Å². The van der Waals surface area contributed by atoms with Crippen LogP contribution >= 0.6 is 0 Å². The number of aryl methyl sites for hydroxylation is 1. The summed E-state index contributed by atoms with van der Waals surface area (Å²) in [5, 5.41) is 0. The molecule has 0 atom stereocenters. The summed E-state index contributed by atoms with van der Waals surface area (Å²) in [6.45, 7) is 1.70. The van der Waals surface area contributed by atoms with Gasteiger partial charge in [-0.1, -0.05) is 11.6 Å². The van der Waals surface area contributed by atoms with Crippen molar-refractivity contribution in [3.8, 4) is 0 Å². The predicted octanol–water partition coefficient (Wildman–Crippen LogP) is 3.91. The molecule has 94 valence electrons. The molecule has 1 nitrogen and oxygen atoms in total. The molecule has 1 fully saturated rings. The molecule has 0 spiro atoms. The molecule has 17 heavy (non-hydrogen) atoms. The topological polar surface area (TPSA) is 9.23 Å². The number of alkyl halides is 3. The SMILES string of the molecule is COC1CC(c2cc(C)cc(C(F)(F)F)c2)C1. The van der Waals surface area contributed by atoms with Crippen molar-refractivity contribution >= 4 is 0 Å². The standard InChI is InChI=1S/C13H15F3O/c1-8-3-9(10-6-12(7-10)17-2)5-11(4-8)13(14,15)16/h3-5,10,12H,6-7H2,1-2H3. The van der Waals surface area contributed by atoms with Crippen molar-refractivity contribution in [2.75, 3.05) is 7.11 Å². The molecule has 1 aromatic carbocycles. The van der Waals surface area contributed by atoms with Crippen LogP contribution in [0.15, 0.2) is 18.2 Å². The molecule has 0 heterocycles. The summed E-state index contributed by atoms with van der Waals surface area (Å²) in [6.07, 6.45) is -2.42. The van der Waals surface area contributed by atoms with Crippen LogP contribution in [0.3, 0.4) is 0 Å². The third-order valence-electron chi connectivity index (χ3n) is 3.33. The van der Waals surface area contributed by atoms with Gasteiger partial charge < -0.3 is 4.74 Å². The van der Waals surface area contributed by atoms with Gasteiger partial charge in [-0.3, -0.25) is 0 Å². The predicted molar refractivity (Wildman–Crippen MR) is 59.0 cm³/mol. The Kier molecular flexibility index (Phi) is 3.17. The minimum absolute atomic E-state index is 0.204. The van der Waals surface area contributed by atoms with Gasteiger partial charge in [0.05, 0.1) is 11.7 Å². The Morgan fingerprint density at radius 1 is 1.18 bits per heavy atom. The van der Waals surface area contributed by atoms with Gasteiger partial charge in [0.1, 0.15) is 0 Å². The molecular weight excluding hydrogens is 229 g/mol. The van der Waals surface area contributed by atoms with Gasteiger partial charge in [-0.2, -0.15) is 13.2 Å². The highest BCUT2D eigenvalue weighted by Crippen LogP contribution is 2.40. The van der Waals surface area contributed by atoms with Gasteiger partial charge in [0.2, 0.25) is 0 Å². The van der Waals surface area contributed by atoms with Crippen LogP contribution in [-0.4, -0.2) is 13.2 Å². The monoisotopic (exact) mass is 244 g/mol. The molecule has 4 heteroatoms. The fourth-order valence-corrected chi connectivity index (χ4v) is 2.24. The molecule has 1 aliphatic rings. The Hall–Kier alpha value is -1.03. The average Bonchev–Trinajstić information content (AvgIpc) is 2.13. The van der Waals surface area contributed by atoms with Crippen molar-refractivity contribution in [2.24, 2.45) is 0 Å². The summed E-state index contributed by atoms with van der Waals surface area (Å²) in [5.41, 5.74) is 0.898. The first-order chi connectivity index (χ1) is 7.90. The molecule has 0 aliphatic heterocycles. The van der Waals surface area contributed by atoms with Crippen molar-refractivity contribution in [1.29, 1.82) is 0 Å². The Morgan fingerprint density at radius 2 is 1.82 bits per heavy atom. The summed E-state index contributed by atoms with van der Waals surface area (Å²) in [7, 11) is 1.64. The van der Waals surface area contributed by atoms with Gasteiger partial charge in [-0.15, -0.1) is 0 Å². The van der Waals surface area contributed by atoms with Gasteiger partial charge in [0.25, 0.3) is 0 Å². The van der Waals surface area contributed by atoms with Crippen LogP contribution < -0.4 is 0 Å². The molecule has 1 saturated carbocycles. The smallest absolute Gasteiger partial charge is 0.381 e. The van der Waals surface area contributed by atoms with Crippen molar-refractivity contribution in [2.45, 2.75) is 38.0 Å². The third kappa shape index (κ3) is 2.63. The van der Waals surface area contributed by atoms with E-state index in [0.717, 1.165) is 18.4 Å². The summed E-state index contributed by atoms with van der Waals surface area (Å²) in [4.78, 5) is 0. The largest absolute Gasteiger partial charge is 0.416 e. The Balaban J connectivity index is 2.22. The van der Waals surface area contributed by atoms with Crippen LogP contribution in [0.25, 0.3) is 0 Å². The van der Waals surface area contributed by atoms with E-state index in [0.29, 0.717) is 5.56 Å². The van der Waals surface area contributed by atoms with Gasteiger partial charge in [-0.25, -0.2) is 0 Å². The minimum Gasteiger partial charge on any atom is -0.381 e. The number of halogens is 3. The molecule has 1 aromatic rings. The number of hydrogen-bond acceptors (Lipinski definition) is 1. The maximum Gasteiger partial charge on any atom is 0.416 e. The van der Waals surface area contributed by atoms with Crippen LogP contribution in [0, 0.1) is 6.92 Å². The summed E-state index contributed by atoms with van der Waals surface area (Å²) in [6, 6.07) is 4.30. The maximum atomic E-state index is 12.7. The molecule has 0 saturated heterocycles. The van der Waals surface area contributed by atoms with Gasteiger partial charge in [0, 0.05) is 7.11 Å². The maximum absolute atomic E-state index is 12.7. The van der Waals surface area contributed by atoms with E-state index < -0.39 is 11.7 Å². The second-order valence-electron chi connectivity index (χ2n) is 4.66. The van der Waals surface area contributed by atoms with E-state index in [1.807, 2.05) is 6.07 Å². The zero-order valence-corrected chi connectivity index (χ0v) is 9.84. The second-order valence-corrected chi connectivity index (χ2v) is 4.66. The van der Waals surface area contributed by atoms with Crippen molar-refractivity contribution in [3.63, 3.8) is 0 Å². The van der Waals surface area contributed by atoms with E-state index in [1.54, 1.807) is 14.0 Å². The number of benzene rings is 1. The highest BCUT2D eigenvalue weighted by atomic mass is 19.4. The molecule has 0 unspecified atom stereocenters. The van der Waals surface area contributed by atoms with E-state index in [-0.39, 0.29) is 12.0 Å². The van der Waals surface area contributed by atoms with E-state index in [4.69, 9.17) is 4.74 Å². The molecule has 0 amide bonds. The molecule has 0 aromatic heterocycles. The Morgan fingerprint density at radius 3 is 2.35 bits per heavy atom. The van der Waals surface area contributed by atoms with Crippen LogP contribution in [0.1, 0.15) is 35.4 Å².